The minimum Gasteiger partial charge on any atom is -0.377 e. The van der Waals surface area contributed by atoms with Gasteiger partial charge in [0.1, 0.15) is 7.85 Å². The van der Waals surface area contributed by atoms with E-state index < -0.39 is 0 Å². The van der Waals surface area contributed by atoms with Crippen LogP contribution in [0.2, 0.25) is 5.31 Å². The summed E-state index contributed by atoms with van der Waals surface area (Å²) in [6.07, 6.45) is 8.56. The smallest absolute Gasteiger partial charge is 0.109 e. The highest BCUT2D eigenvalue weighted by Crippen LogP contribution is 2.50. The van der Waals surface area contributed by atoms with Crippen molar-refractivity contribution < 1.29 is 4.74 Å². The van der Waals surface area contributed by atoms with Gasteiger partial charge < -0.3 is 4.74 Å². The predicted octanol–water partition coefficient (Wildman–Crippen LogP) is 2.10. The Morgan fingerprint density at radius 3 is 2.61 bits per heavy atom. The van der Waals surface area contributed by atoms with Gasteiger partial charge >= 0.3 is 0 Å². The Morgan fingerprint density at radius 1 is 1.17 bits per heavy atom. The topological polar surface area (TPSA) is 12.5 Å². The van der Waals surface area contributed by atoms with Crippen molar-refractivity contribution in [3.8, 4) is 0 Å². The molecular weight excluding hydrogens is 221 g/mol. The average molecular weight is 249 g/mol. The summed E-state index contributed by atoms with van der Waals surface area (Å²) in [6.45, 7) is 5.73. The molecule has 3 heteroatoms. The van der Waals surface area contributed by atoms with Gasteiger partial charge in [-0.05, 0) is 38.3 Å². The molecule has 1 aliphatic carbocycles. The van der Waals surface area contributed by atoms with Gasteiger partial charge in [0.15, 0.2) is 0 Å². The van der Waals surface area contributed by atoms with Gasteiger partial charge in [0, 0.05) is 0 Å². The summed E-state index contributed by atoms with van der Waals surface area (Å²) in [5, 5.41) is 0.581. The Labute approximate surface area is 113 Å². The van der Waals surface area contributed by atoms with Crippen molar-refractivity contribution >= 4 is 7.85 Å². The fourth-order valence-electron chi connectivity index (χ4n) is 4.60. The number of piperidine rings is 1. The van der Waals surface area contributed by atoms with Crippen LogP contribution in [0.5, 0.6) is 0 Å². The van der Waals surface area contributed by atoms with Crippen molar-refractivity contribution in [2.75, 3.05) is 26.8 Å². The van der Waals surface area contributed by atoms with Gasteiger partial charge in [-0.25, -0.2) is 0 Å². The molecule has 3 unspecified atom stereocenters. The third-order valence-corrected chi connectivity index (χ3v) is 6.12. The molecule has 18 heavy (non-hydrogen) atoms. The third-order valence-electron chi connectivity index (χ3n) is 6.12. The van der Waals surface area contributed by atoms with Crippen LogP contribution < -0.4 is 0 Å². The number of fused-ring (bicyclic) bond motifs is 2. The fourth-order valence-corrected chi connectivity index (χ4v) is 4.60. The molecule has 3 rings (SSSR count). The van der Waals surface area contributed by atoms with Crippen LogP contribution in [0.1, 0.15) is 45.4 Å². The van der Waals surface area contributed by atoms with Crippen molar-refractivity contribution in [2.24, 2.45) is 11.8 Å². The molecule has 0 aromatic carbocycles. The summed E-state index contributed by atoms with van der Waals surface area (Å²) in [5.74, 6) is 1.87. The Morgan fingerprint density at radius 2 is 1.94 bits per heavy atom. The van der Waals surface area contributed by atoms with Gasteiger partial charge in [0.25, 0.3) is 0 Å². The second kappa shape index (κ2) is 4.52. The predicted molar refractivity (Wildman–Crippen MR) is 77.8 cm³/mol. The molecule has 3 aliphatic rings. The summed E-state index contributed by atoms with van der Waals surface area (Å²) in [4.78, 5) is 2.62. The van der Waals surface area contributed by atoms with Gasteiger partial charge in [-0.1, -0.05) is 37.9 Å². The number of rotatable bonds is 0. The average Bonchev–Trinajstić information content (AvgIpc) is 2.23. The van der Waals surface area contributed by atoms with E-state index in [4.69, 9.17) is 4.74 Å². The number of likely N-dealkylation sites (N-methyl/N-ethyl adjacent to an activating group) is 1. The van der Waals surface area contributed by atoms with Gasteiger partial charge in [-0.3, -0.25) is 4.90 Å². The van der Waals surface area contributed by atoms with E-state index in [1.165, 1.54) is 45.1 Å². The molecular formula is C15H28BNO. The summed E-state index contributed by atoms with van der Waals surface area (Å²) < 4.78 is 5.61. The molecule has 0 aromatic rings. The van der Waals surface area contributed by atoms with E-state index in [2.05, 4.69) is 26.7 Å². The zero-order chi connectivity index (χ0) is 12.8. The number of likely N-dealkylation sites (tertiary alicyclic amines) is 1. The minimum atomic E-state index is 0.421. The van der Waals surface area contributed by atoms with Crippen LogP contribution >= 0.6 is 0 Å². The second-order valence-electron chi connectivity index (χ2n) is 7.77. The quantitative estimate of drug-likeness (QED) is 0.609. The molecule has 0 bridgehead atoms. The Bertz CT molecular complexity index is 314. The van der Waals surface area contributed by atoms with Crippen molar-refractivity contribution in [2.45, 2.75) is 56.3 Å². The van der Waals surface area contributed by atoms with Gasteiger partial charge in [0.05, 0.1) is 18.8 Å². The normalized spacial score (nSPS) is 44.8. The van der Waals surface area contributed by atoms with Crippen LogP contribution in [0.15, 0.2) is 0 Å². The lowest BCUT2D eigenvalue weighted by atomic mass is 9.57. The van der Waals surface area contributed by atoms with Crippen molar-refractivity contribution in [1.82, 2.24) is 4.90 Å². The van der Waals surface area contributed by atoms with Crippen LogP contribution in [0.3, 0.4) is 0 Å². The highest BCUT2D eigenvalue weighted by atomic mass is 16.5. The first-order chi connectivity index (χ1) is 8.54. The van der Waals surface area contributed by atoms with Crippen molar-refractivity contribution in [3.63, 3.8) is 0 Å². The van der Waals surface area contributed by atoms with Crippen LogP contribution in [0.4, 0.5) is 0 Å². The fraction of sp³-hybridized carbons (Fsp3) is 1.00. The van der Waals surface area contributed by atoms with Crippen molar-refractivity contribution in [3.05, 3.63) is 0 Å². The number of hydrogen-bond donors (Lipinski definition) is 0. The van der Waals surface area contributed by atoms with Crippen LogP contribution in [-0.4, -0.2) is 45.1 Å². The lowest BCUT2D eigenvalue weighted by Crippen LogP contribution is -2.69. The highest BCUT2D eigenvalue weighted by molar-refractivity contribution is 6.14. The summed E-state index contributed by atoms with van der Waals surface area (Å²) in [5.41, 5.74) is 0.421. The third kappa shape index (κ3) is 2.04. The van der Waals surface area contributed by atoms with E-state index >= 15 is 0 Å². The lowest BCUT2D eigenvalue weighted by molar-refractivity contribution is -0.193. The second-order valence-corrected chi connectivity index (χ2v) is 7.77. The summed E-state index contributed by atoms with van der Waals surface area (Å²) >= 11 is 0. The molecule has 2 aliphatic heterocycles. The summed E-state index contributed by atoms with van der Waals surface area (Å²) in [6, 6.07) is 0. The Balaban J connectivity index is 1.77. The minimum absolute atomic E-state index is 0.421. The van der Waals surface area contributed by atoms with Crippen LogP contribution in [0, 0.1) is 11.8 Å². The van der Waals surface area contributed by atoms with Gasteiger partial charge in [0.2, 0.25) is 0 Å². The first-order valence-corrected chi connectivity index (χ1v) is 7.83. The lowest BCUT2D eigenvalue weighted by Gasteiger charge is -2.59. The number of hydrogen-bond acceptors (Lipinski definition) is 2. The maximum absolute atomic E-state index is 5.61. The molecule has 3 fully saturated rings. The molecule has 3 atom stereocenters. The molecule has 2 heterocycles. The molecule has 2 saturated heterocycles. The maximum Gasteiger partial charge on any atom is 0.109 e. The van der Waals surface area contributed by atoms with E-state index in [0.29, 0.717) is 10.9 Å². The first-order valence-electron chi connectivity index (χ1n) is 7.83. The monoisotopic (exact) mass is 249 g/mol. The highest BCUT2D eigenvalue weighted by Gasteiger charge is 2.53. The van der Waals surface area contributed by atoms with E-state index in [1.807, 2.05) is 0 Å². The zero-order valence-corrected chi connectivity index (χ0v) is 12.4. The maximum atomic E-state index is 5.61. The van der Waals surface area contributed by atoms with Crippen molar-refractivity contribution in [1.29, 1.82) is 0 Å². The standard InChI is InChI=1S/C15H28BNO/c1-14(16)7-3-4-13-12(5-8-14)6-9-17(2)15(13)10-18-11-15/h12-13H,3-11,16H2,1-2H3. The zero-order valence-electron chi connectivity index (χ0n) is 12.4. The van der Waals surface area contributed by atoms with E-state index in [-0.39, 0.29) is 0 Å². The van der Waals surface area contributed by atoms with E-state index in [1.54, 1.807) is 0 Å². The molecule has 0 radical (unpaired) electrons. The van der Waals surface area contributed by atoms with Gasteiger partial charge in [-0.15, -0.1) is 0 Å². The molecule has 102 valence electrons. The Hall–Kier alpha value is -0.0151. The summed E-state index contributed by atoms with van der Waals surface area (Å²) in [7, 11) is 4.78. The largest absolute Gasteiger partial charge is 0.377 e. The molecule has 2 nitrogen and oxygen atoms in total. The van der Waals surface area contributed by atoms with Crippen LogP contribution in [-0.2, 0) is 4.74 Å². The number of ether oxygens (including phenoxy) is 1. The molecule has 0 aromatic heterocycles. The SMILES string of the molecule is BC1(C)CCCC2C(CCN(C)C23COC3)CC1. The van der Waals surface area contributed by atoms with E-state index in [0.717, 1.165) is 25.0 Å². The Kier molecular flexibility index (Phi) is 3.26. The van der Waals surface area contributed by atoms with Gasteiger partial charge in [-0.2, -0.15) is 0 Å². The number of nitrogens with zero attached hydrogens (tertiary/aromatic N) is 1. The van der Waals surface area contributed by atoms with E-state index in [9.17, 15) is 0 Å². The first kappa shape index (κ1) is 13.0. The molecule has 1 saturated carbocycles. The molecule has 1 spiro atoms. The molecule has 0 amide bonds. The molecule has 0 N–H and O–H groups in total. The van der Waals surface area contributed by atoms with Crippen LogP contribution in [0.25, 0.3) is 0 Å².